The summed E-state index contributed by atoms with van der Waals surface area (Å²) >= 11 is 0. The van der Waals surface area contributed by atoms with Crippen LogP contribution in [-0.4, -0.2) is 42.7 Å². The van der Waals surface area contributed by atoms with E-state index in [2.05, 4.69) is 15.2 Å². The van der Waals surface area contributed by atoms with Gasteiger partial charge in [-0.2, -0.15) is 10.2 Å². The first-order valence-electron chi connectivity index (χ1n) is 6.47. The molecule has 1 aliphatic heterocycles. The second-order valence-electron chi connectivity index (χ2n) is 4.84. The van der Waals surface area contributed by atoms with Gasteiger partial charge in [0.2, 0.25) is 5.88 Å². The van der Waals surface area contributed by atoms with Crippen LogP contribution in [0.5, 0.6) is 5.88 Å². The topological polar surface area (TPSA) is 77.5 Å². The zero-order chi connectivity index (χ0) is 13.5. The fourth-order valence-corrected chi connectivity index (χ4v) is 2.45. The average molecular weight is 271 g/mol. The van der Waals surface area contributed by atoms with Crippen LogP contribution in [0.4, 0.5) is 0 Å². The first kappa shape index (κ1) is 11.4. The Morgan fingerprint density at radius 2 is 2.25 bits per heavy atom. The molecule has 0 radical (unpaired) electrons. The Labute approximate surface area is 114 Å². The van der Waals surface area contributed by atoms with Crippen LogP contribution >= 0.6 is 0 Å². The highest BCUT2D eigenvalue weighted by atomic mass is 16.5. The lowest BCUT2D eigenvalue weighted by Crippen LogP contribution is -2.08. The van der Waals surface area contributed by atoms with Crippen molar-refractivity contribution < 1.29 is 9.84 Å². The zero-order valence-corrected chi connectivity index (χ0v) is 10.7. The monoisotopic (exact) mass is 271 g/mol. The number of aromatic nitrogens is 5. The van der Waals surface area contributed by atoms with Crippen LogP contribution in [0, 0.1) is 0 Å². The number of nitrogens with zero attached hydrogens (tertiary/aromatic N) is 5. The van der Waals surface area contributed by atoms with Gasteiger partial charge in [-0.05, 0) is 12.5 Å². The Morgan fingerprint density at radius 3 is 3.10 bits per heavy atom. The summed E-state index contributed by atoms with van der Waals surface area (Å²) in [6.45, 7) is 1.47. The van der Waals surface area contributed by atoms with E-state index < -0.39 is 0 Å². The van der Waals surface area contributed by atoms with Gasteiger partial charge in [0.15, 0.2) is 0 Å². The Morgan fingerprint density at radius 1 is 1.30 bits per heavy atom. The summed E-state index contributed by atoms with van der Waals surface area (Å²) in [6, 6.07) is 2.00. The largest absolute Gasteiger partial charge is 0.492 e. The van der Waals surface area contributed by atoms with Gasteiger partial charge in [0.1, 0.15) is 5.52 Å². The van der Waals surface area contributed by atoms with Gasteiger partial charge in [-0.25, -0.2) is 9.50 Å². The van der Waals surface area contributed by atoms with E-state index in [1.807, 2.05) is 10.9 Å². The van der Waals surface area contributed by atoms with Gasteiger partial charge in [0, 0.05) is 18.4 Å². The number of fused-ring (bicyclic) bond motifs is 1. The maximum Gasteiger partial charge on any atom is 0.238 e. The lowest BCUT2D eigenvalue weighted by Gasteiger charge is -2.06. The second kappa shape index (κ2) is 4.31. The standard InChI is InChI=1S/C13H13N5O2/c19-13-12-1-3-14-18(12)7-11(16-13)9-5-15-17(6-9)10-2-4-20-8-10/h1,3,5-7,10H,2,4,8H2,(H,16,19). The number of hydrogen-bond donors (Lipinski definition) is 1. The molecule has 0 aliphatic carbocycles. The van der Waals surface area contributed by atoms with E-state index in [1.54, 1.807) is 29.2 Å². The first-order chi connectivity index (χ1) is 9.81. The fraction of sp³-hybridized carbons (Fsp3) is 0.308. The summed E-state index contributed by atoms with van der Waals surface area (Å²) in [5, 5.41) is 18.4. The number of hydrogen-bond acceptors (Lipinski definition) is 5. The Hall–Kier alpha value is -2.41. The molecule has 7 heteroatoms. The van der Waals surface area contributed by atoms with Crippen molar-refractivity contribution in [3.05, 3.63) is 30.9 Å². The number of ether oxygens (including phenoxy) is 1. The smallest absolute Gasteiger partial charge is 0.238 e. The van der Waals surface area contributed by atoms with Crippen molar-refractivity contribution in [2.75, 3.05) is 13.2 Å². The fourth-order valence-electron chi connectivity index (χ4n) is 2.45. The highest BCUT2D eigenvalue weighted by Crippen LogP contribution is 2.25. The molecule has 7 nitrogen and oxygen atoms in total. The Bertz CT molecular complexity index is 757. The van der Waals surface area contributed by atoms with E-state index in [4.69, 9.17) is 4.74 Å². The minimum absolute atomic E-state index is 0.0306. The molecule has 0 aromatic carbocycles. The highest BCUT2D eigenvalue weighted by Gasteiger charge is 2.19. The molecule has 0 saturated carbocycles. The molecule has 1 atom stereocenters. The summed E-state index contributed by atoms with van der Waals surface area (Å²) in [7, 11) is 0. The van der Waals surface area contributed by atoms with E-state index in [-0.39, 0.29) is 11.9 Å². The predicted molar refractivity (Wildman–Crippen MR) is 70.3 cm³/mol. The molecule has 0 bridgehead atoms. The van der Waals surface area contributed by atoms with Crippen LogP contribution in [-0.2, 0) is 4.74 Å². The maximum atomic E-state index is 9.90. The van der Waals surface area contributed by atoms with Crippen molar-refractivity contribution in [3.63, 3.8) is 0 Å². The quantitative estimate of drug-likeness (QED) is 0.759. The van der Waals surface area contributed by atoms with Crippen molar-refractivity contribution in [2.24, 2.45) is 0 Å². The molecular weight excluding hydrogens is 258 g/mol. The lowest BCUT2D eigenvalue weighted by molar-refractivity contribution is 0.184. The van der Waals surface area contributed by atoms with E-state index in [0.29, 0.717) is 17.8 Å². The van der Waals surface area contributed by atoms with Crippen LogP contribution in [0.2, 0.25) is 0 Å². The summed E-state index contributed by atoms with van der Waals surface area (Å²) in [5.41, 5.74) is 2.08. The average Bonchev–Trinajstić information content (AvgIpc) is 3.19. The third kappa shape index (κ3) is 1.75. The predicted octanol–water partition coefficient (Wildman–Crippen LogP) is 1.26. The first-order valence-corrected chi connectivity index (χ1v) is 6.47. The lowest BCUT2D eigenvalue weighted by atomic mass is 10.2. The molecule has 1 fully saturated rings. The van der Waals surface area contributed by atoms with Gasteiger partial charge in [0.25, 0.3) is 0 Å². The molecule has 0 spiro atoms. The Kier molecular flexibility index (Phi) is 2.46. The van der Waals surface area contributed by atoms with Gasteiger partial charge >= 0.3 is 0 Å². The molecule has 4 heterocycles. The van der Waals surface area contributed by atoms with E-state index in [1.165, 1.54) is 0 Å². The van der Waals surface area contributed by atoms with Gasteiger partial charge in [-0.3, -0.25) is 4.68 Å². The second-order valence-corrected chi connectivity index (χ2v) is 4.84. The molecule has 1 saturated heterocycles. The normalized spacial score (nSPS) is 18.9. The minimum atomic E-state index is -0.0306. The van der Waals surface area contributed by atoms with Crippen LogP contribution in [0.25, 0.3) is 16.8 Å². The maximum absolute atomic E-state index is 9.90. The molecule has 1 N–H and O–H groups in total. The third-order valence-electron chi connectivity index (χ3n) is 3.55. The van der Waals surface area contributed by atoms with Gasteiger partial charge in [0.05, 0.1) is 36.9 Å². The molecule has 3 aromatic heterocycles. The molecule has 0 amide bonds. The summed E-state index contributed by atoms with van der Waals surface area (Å²) in [4.78, 5) is 4.19. The molecular formula is C13H13N5O2. The minimum Gasteiger partial charge on any atom is -0.492 e. The Balaban J connectivity index is 1.74. The molecule has 4 rings (SSSR count). The molecule has 20 heavy (non-hydrogen) atoms. The van der Waals surface area contributed by atoms with Crippen molar-refractivity contribution >= 4 is 5.52 Å². The SMILES string of the molecule is Oc1nc(-c2cnn(C3CCOC3)c2)cn2nccc12. The highest BCUT2D eigenvalue weighted by molar-refractivity contribution is 5.63. The molecule has 1 unspecified atom stereocenters. The van der Waals surface area contributed by atoms with Crippen molar-refractivity contribution in [1.82, 2.24) is 24.4 Å². The van der Waals surface area contributed by atoms with E-state index in [9.17, 15) is 5.11 Å². The summed E-state index contributed by atoms with van der Waals surface area (Å²) in [5.74, 6) is -0.0306. The molecule has 3 aromatic rings. The zero-order valence-electron chi connectivity index (χ0n) is 10.7. The van der Waals surface area contributed by atoms with Crippen LogP contribution in [0.3, 0.4) is 0 Å². The van der Waals surface area contributed by atoms with Crippen molar-refractivity contribution in [2.45, 2.75) is 12.5 Å². The number of rotatable bonds is 2. The number of aromatic hydroxyl groups is 1. The van der Waals surface area contributed by atoms with Gasteiger partial charge in [-0.1, -0.05) is 0 Å². The van der Waals surface area contributed by atoms with E-state index >= 15 is 0 Å². The van der Waals surface area contributed by atoms with Crippen LogP contribution < -0.4 is 0 Å². The van der Waals surface area contributed by atoms with Crippen LogP contribution in [0.15, 0.2) is 30.9 Å². The molecule has 1 aliphatic rings. The van der Waals surface area contributed by atoms with Gasteiger partial charge in [-0.15, -0.1) is 0 Å². The summed E-state index contributed by atoms with van der Waals surface area (Å²) in [6.07, 6.45) is 8.05. The van der Waals surface area contributed by atoms with Crippen LogP contribution in [0.1, 0.15) is 12.5 Å². The van der Waals surface area contributed by atoms with E-state index in [0.717, 1.165) is 18.6 Å². The summed E-state index contributed by atoms with van der Waals surface area (Å²) < 4.78 is 8.86. The third-order valence-corrected chi connectivity index (χ3v) is 3.55. The van der Waals surface area contributed by atoms with Crippen molar-refractivity contribution in [1.29, 1.82) is 0 Å². The van der Waals surface area contributed by atoms with Crippen molar-refractivity contribution in [3.8, 4) is 17.1 Å². The molecule has 102 valence electrons. The van der Waals surface area contributed by atoms with Gasteiger partial charge < -0.3 is 9.84 Å².